The summed E-state index contributed by atoms with van der Waals surface area (Å²) in [7, 11) is 0. The summed E-state index contributed by atoms with van der Waals surface area (Å²) >= 11 is 0. The van der Waals surface area contributed by atoms with Gasteiger partial charge in [0.05, 0.1) is 12.2 Å². The molecule has 1 fully saturated rings. The highest BCUT2D eigenvalue weighted by atomic mass is 16.5. The lowest BCUT2D eigenvalue weighted by Crippen LogP contribution is -2.33. The Morgan fingerprint density at radius 1 is 1.31 bits per heavy atom. The first-order valence-corrected chi connectivity index (χ1v) is 6.77. The van der Waals surface area contributed by atoms with Crippen LogP contribution in [0.5, 0.6) is 0 Å². The van der Waals surface area contributed by atoms with Crippen molar-refractivity contribution in [2.45, 2.75) is 58.2 Å². The van der Waals surface area contributed by atoms with E-state index in [4.69, 9.17) is 9.47 Å². The third-order valence-corrected chi connectivity index (χ3v) is 2.98. The third kappa shape index (κ3) is 6.46. The van der Waals surface area contributed by atoms with Crippen molar-refractivity contribution in [1.82, 2.24) is 5.32 Å². The van der Waals surface area contributed by atoms with Gasteiger partial charge in [0, 0.05) is 19.8 Å². The van der Waals surface area contributed by atoms with Gasteiger partial charge in [-0.2, -0.15) is 0 Å². The fourth-order valence-electron chi connectivity index (χ4n) is 1.99. The first-order valence-electron chi connectivity index (χ1n) is 6.77. The monoisotopic (exact) mass is 229 g/mol. The molecule has 0 amide bonds. The molecule has 0 spiro atoms. The summed E-state index contributed by atoms with van der Waals surface area (Å²) in [6.07, 6.45) is 6.74. The lowest BCUT2D eigenvalue weighted by molar-refractivity contribution is -0.0612. The van der Waals surface area contributed by atoms with Gasteiger partial charge in [-0.05, 0) is 32.7 Å². The molecular weight excluding hydrogens is 202 g/mol. The molecule has 0 aliphatic carbocycles. The zero-order valence-corrected chi connectivity index (χ0v) is 10.8. The largest absolute Gasteiger partial charge is 0.381 e. The normalized spacial score (nSPS) is 19.9. The Morgan fingerprint density at radius 3 is 2.75 bits per heavy atom. The van der Waals surface area contributed by atoms with Crippen LogP contribution in [0.4, 0.5) is 0 Å². The molecule has 0 aromatic heterocycles. The minimum Gasteiger partial charge on any atom is -0.381 e. The van der Waals surface area contributed by atoms with Crippen LogP contribution in [0.2, 0.25) is 0 Å². The number of rotatable bonds is 8. The number of nitrogens with one attached hydrogen (secondary N) is 1. The molecular formula is C13H27NO2. The van der Waals surface area contributed by atoms with E-state index in [1.165, 1.54) is 19.3 Å². The lowest BCUT2D eigenvalue weighted by Gasteiger charge is -2.26. The summed E-state index contributed by atoms with van der Waals surface area (Å²) in [6.45, 7) is 8.21. The molecule has 1 rings (SSSR count). The Morgan fingerprint density at radius 2 is 2.06 bits per heavy atom. The van der Waals surface area contributed by atoms with Gasteiger partial charge in [0.1, 0.15) is 0 Å². The first-order chi connectivity index (χ1) is 7.83. The van der Waals surface area contributed by atoms with E-state index in [-0.39, 0.29) is 0 Å². The number of hydrogen-bond acceptors (Lipinski definition) is 3. The molecule has 3 heteroatoms. The Hall–Kier alpha value is -0.120. The van der Waals surface area contributed by atoms with E-state index in [9.17, 15) is 0 Å². The summed E-state index contributed by atoms with van der Waals surface area (Å²) in [6, 6.07) is 0. The number of unbranched alkanes of at least 4 members (excludes halogenated alkanes) is 2. The van der Waals surface area contributed by atoms with Gasteiger partial charge < -0.3 is 14.8 Å². The second-order valence-corrected chi connectivity index (χ2v) is 4.67. The van der Waals surface area contributed by atoms with Crippen LogP contribution in [0.1, 0.15) is 46.0 Å². The first kappa shape index (κ1) is 13.9. The molecule has 1 N–H and O–H groups in total. The smallest absolute Gasteiger partial charge is 0.0675 e. The second-order valence-electron chi connectivity index (χ2n) is 4.67. The Balaban J connectivity index is 1.95. The van der Waals surface area contributed by atoms with Crippen molar-refractivity contribution < 1.29 is 9.47 Å². The van der Waals surface area contributed by atoms with Gasteiger partial charge in [-0.25, -0.2) is 0 Å². The van der Waals surface area contributed by atoms with Crippen LogP contribution in [-0.2, 0) is 9.47 Å². The standard InChI is InChI=1S/C13H27NO2/c1-3-4-5-8-14-11-12(2)16-13-6-9-15-10-7-13/h12-14H,3-11H2,1-2H3. The van der Waals surface area contributed by atoms with Gasteiger partial charge in [0.15, 0.2) is 0 Å². The Labute approximate surface area is 99.9 Å². The number of hydrogen-bond donors (Lipinski definition) is 1. The van der Waals surface area contributed by atoms with E-state index in [1.807, 2.05) is 0 Å². The molecule has 1 heterocycles. The van der Waals surface area contributed by atoms with Crippen LogP contribution >= 0.6 is 0 Å². The SMILES string of the molecule is CCCCCNCC(C)OC1CCOCC1. The van der Waals surface area contributed by atoms with Crippen LogP contribution in [0.3, 0.4) is 0 Å². The summed E-state index contributed by atoms with van der Waals surface area (Å²) < 4.78 is 11.3. The van der Waals surface area contributed by atoms with Crippen molar-refractivity contribution in [3.8, 4) is 0 Å². The van der Waals surface area contributed by atoms with E-state index in [0.29, 0.717) is 12.2 Å². The molecule has 1 atom stereocenters. The molecule has 0 aromatic carbocycles. The van der Waals surface area contributed by atoms with Crippen molar-refractivity contribution in [2.75, 3.05) is 26.3 Å². The fourth-order valence-corrected chi connectivity index (χ4v) is 1.99. The van der Waals surface area contributed by atoms with Crippen molar-refractivity contribution in [3.63, 3.8) is 0 Å². The summed E-state index contributed by atoms with van der Waals surface area (Å²) in [5.41, 5.74) is 0. The summed E-state index contributed by atoms with van der Waals surface area (Å²) in [5.74, 6) is 0. The lowest BCUT2D eigenvalue weighted by atomic mass is 10.1. The minimum atomic E-state index is 0.324. The van der Waals surface area contributed by atoms with Gasteiger partial charge in [0.25, 0.3) is 0 Å². The van der Waals surface area contributed by atoms with Gasteiger partial charge in [0.2, 0.25) is 0 Å². The average molecular weight is 229 g/mol. The zero-order valence-electron chi connectivity index (χ0n) is 10.8. The predicted octanol–water partition coefficient (Wildman–Crippen LogP) is 2.35. The van der Waals surface area contributed by atoms with Gasteiger partial charge in [-0.1, -0.05) is 19.8 Å². The molecule has 96 valence electrons. The molecule has 0 aromatic rings. The minimum absolute atomic E-state index is 0.324. The highest BCUT2D eigenvalue weighted by Gasteiger charge is 2.16. The van der Waals surface area contributed by atoms with Gasteiger partial charge >= 0.3 is 0 Å². The van der Waals surface area contributed by atoms with E-state index in [1.54, 1.807) is 0 Å². The maximum absolute atomic E-state index is 5.96. The van der Waals surface area contributed by atoms with E-state index < -0.39 is 0 Å². The summed E-state index contributed by atoms with van der Waals surface area (Å²) in [5, 5.41) is 3.45. The number of ether oxygens (including phenoxy) is 2. The topological polar surface area (TPSA) is 30.5 Å². The van der Waals surface area contributed by atoms with Crippen LogP contribution in [0, 0.1) is 0 Å². The Kier molecular flexibility index (Phi) is 7.81. The van der Waals surface area contributed by atoms with Crippen LogP contribution in [0.15, 0.2) is 0 Å². The molecule has 3 nitrogen and oxygen atoms in total. The van der Waals surface area contributed by atoms with Crippen LogP contribution < -0.4 is 5.32 Å². The van der Waals surface area contributed by atoms with E-state index in [0.717, 1.165) is 39.1 Å². The predicted molar refractivity (Wildman–Crippen MR) is 66.8 cm³/mol. The Bertz CT molecular complexity index is 158. The molecule has 1 saturated heterocycles. The van der Waals surface area contributed by atoms with Gasteiger partial charge in [-0.15, -0.1) is 0 Å². The molecule has 1 unspecified atom stereocenters. The molecule has 0 bridgehead atoms. The highest BCUT2D eigenvalue weighted by molar-refractivity contribution is 4.66. The van der Waals surface area contributed by atoms with E-state index >= 15 is 0 Å². The van der Waals surface area contributed by atoms with Gasteiger partial charge in [-0.3, -0.25) is 0 Å². The third-order valence-electron chi connectivity index (χ3n) is 2.98. The van der Waals surface area contributed by atoms with Crippen molar-refractivity contribution in [3.05, 3.63) is 0 Å². The summed E-state index contributed by atoms with van der Waals surface area (Å²) in [4.78, 5) is 0. The zero-order chi connectivity index (χ0) is 11.6. The highest BCUT2D eigenvalue weighted by Crippen LogP contribution is 2.12. The molecule has 16 heavy (non-hydrogen) atoms. The molecule has 0 saturated carbocycles. The maximum Gasteiger partial charge on any atom is 0.0675 e. The molecule has 1 aliphatic rings. The second kappa shape index (κ2) is 8.97. The van der Waals surface area contributed by atoms with Crippen LogP contribution in [0.25, 0.3) is 0 Å². The van der Waals surface area contributed by atoms with Crippen molar-refractivity contribution in [2.24, 2.45) is 0 Å². The maximum atomic E-state index is 5.96. The van der Waals surface area contributed by atoms with Crippen LogP contribution in [-0.4, -0.2) is 38.5 Å². The average Bonchev–Trinajstić information content (AvgIpc) is 2.30. The van der Waals surface area contributed by atoms with Crippen molar-refractivity contribution in [1.29, 1.82) is 0 Å². The quantitative estimate of drug-likeness (QED) is 0.648. The van der Waals surface area contributed by atoms with Crippen molar-refractivity contribution >= 4 is 0 Å². The molecule has 0 radical (unpaired) electrons. The molecule has 1 aliphatic heterocycles. The fraction of sp³-hybridized carbons (Fsp3) is 1.00. The van der Waals surface area contributed by atoms with E-state index in [2.05, 4.69) is 19.2 Å².